The second kappa shape index (κ2) is 7.60. The van der Waals surface area contributed by atoms with E-state index in [1.54, 1.807) is 12.1 Å². The van der Waals surface area contributed by atoms with E-state index in [1.165, 1.54) is 16.7 Å². The Labute approximate surface area is 142 Å². The van der Waals surface area contributed by atoms with Gasteiger partial charge in [-0.2, -0.15) is 0 Å². The van der Waals surface area contributed by atoms with Crippen LogP contribution in [-0.2, 0) is 12.8 Å². The summed E-state index contributed by atoms with van der Waals surface area (Å²) in [6.45, 7) is 2.14. The molecule has 0 radical (unpaired) electrons. The lowest BCUT2D eigenvalue weighted by Gasteiger charge is -2.07. The molecular formula is C22H20O2. The van der Waals surface area contributed by atoms with Crippen molar-refractivity contribution < 1.29 is 9.53 Å². The highest BCUT2D eigenvalue weighted by Crippen LogP contribution is 2.17. The van der Waals surface area contributed by atoms with Gasteiger partial charge in [-0.25, -0.2) is 4.79 Å². The number of rotatable bonds is 5. The lowest BCUT2D eigenvalue weighted by molar-refractivity contribution is 0.0734. The predicted molar refractivity (Wildman–Crippen MR) is 96.4 cm³/mol. The van der Waals surface area contributed by atoms with Crippen molar-refractivity contribution >= 4 is 5.97 Å². The Hall–Kier alpha value is -2.87. The summed E-state index contributed by atoms with van der Waals surface area (Å²) in [5.74, 6) is 0.242. The second-order valence-electron chi connectivity index (χ2n) is 5.83. The number of hydrogen-bond acceptors (Lipinski definition) is 2. The average molecular weight is 316 g/mol. The van der Waals surface area contributed by atoms with Crippen molar-refractivity contribution in [3.63, 3.8) is 0 Å². The summed E-state index contributed by atoms with van der Waals surface area (Å²) in [6, 6.07) is 25.2. The van der Waals surface area contributed by atoms with Crippen molar-refractivity contribution in [3.05, 3.63) is 101 Å². The molecule has 0 fully saturated rings. The maximum atomic E-state index is 12.0. The van der Waals surface area contributed by atoms with E-state index in [0.717, 1.165) is 12.8 Å². The monoisotopic (exact) mass is 316 g/mol. The molecule has 3 aromatic rings. The minimum absolute atomic E-state index is 0.330. The van der Waals surface area contributed by atoms with Crippen molar-refractivity contribution in [2.24, 2.45) is 0 Å². The molecule has 0 aliphatic heterocycles. The highest BCUT2D eigenvalue weighted by atomic mass is 16.5. The van der Waals surface area contributed by atoms with Gasteiger partial charge in [0.15, 0.2) is 0 Å². The third-order valence-electron chi connectivity index (χ3n) is 4.09. The van der Waals surface area contributed by atoms with E-state index in [0.29, 0.717) is 11.3 Å². The summed E-state index contributed by atoms with van der Waals surface area (Å²) >= 11 is 0. The van der Waals surface area contributed by atoms with Gasteiger partial charge in [0, 0.05) is 0 Å². The Morgan fingerprint density at radius 2 is 1.46 bits per heavy atom. The number of hydrogen-bond donors (Lipinski definition) is 0. The van der Waals surface area contributed by atoms with Gasteiger partial charge in [-0.05, 0) is 60.7 Å². The van der Waals surface area contributed by atoms with Gasteiger partial charge in [-0.15, -0.1) is 0 Å². The van der Waals surface area contributed by atoms with Crippen LogP contribution in [-0.4, -0.2) is 5.97 Å². The Balaban J connectivity index is 1.59. The molecule has 0 bridgehead atoms. The van der Waals surface area contributed by atoms with Gasteiger partial charge in [0.05, 0.1) is 5.56 Å². The molecule has 2 heteroatoms. The molecule has 0 atom stereocenters. The number of carbonyl (C=O) groups is 1. The molecule has 0 aliphatic carbocycles. The standard InChI is InChI=1S/C22H20O2/c1-17-7-5-6-8-19(17)14-11-18-12-15-21(16-13-18)24-22(23)20-9-3-2-4-10-20/h2-10,12-13,15-16H,11,14H2,1H3. The van der Waals surface area contributed by atoms with Crippen LogP contribution in [0.5, 0.6) is 5.75 Å². The summed E-state index contributed by atoms with van der Waals surface area (Å²) in [4.78, 5) is 12.0. The van der Waals surface area contributed by atoms with Gasteiger partial charge >= 0.3 is 5.97 Å². The van der Waals surface area contributed by atoms with Gasteiger partial charge in [-0.3, -0.25) is 0 Å². The summed E-state index contributed by atoms with van der Waals surface area (Å²) in [5.41, 5.74) is 4.49. The Morgan fingerprint density at radius 3 is 2.17 bits per heavy atom. The van der Waals surface area contributed by atoms with E-state index in [-0.39, 0.29) is 5.97 Å². The van der Waals surface area contributed by atoms with Crippen LogP contribution in [0.4, 0.5) is 0 Å². The third kappa shape index (κ3) is 4.11. The minimum atomic E-state index is -0.330. The molecule has 120 valence electrons. The first kappa shape index (κ1) is 16.0. The highest BCUT2D eigenvalue weighted by Gasteiger charge is 2.07. The summed E-state index contributed by atoms with van der Waals surface area (Å²) in [7, 11) is 0. The van der Waals surface area contributed by atoms with Crippen molar-refractivity contribution in [1.82, 2.24) is 0 Å². The van der Waals surface area contributed by atoms with E-state index < -0.39 is 0 Å². The molecule has 2 nitrogen and oxygen atoms in total. The lowest BCUT2D eigenvalue weighted by atomic mass is 10.0. The zero-order chi connectivity index (χ0) is 16.8. The van der Waals surface area contributed by atoms with Crippen molar-refractivity contribution in [2.45, 2.75) is 19.8 Å². The van der Waals surface area contributed by atoms with Gasteiger partial charge in [-0.1, -0.05) is 54.6 Å². The summed E-state index contributed by atoms with van der Waals surface area (Å²) < 4.78 is 5.40. The smallest absolute Gasteiger partial charge is 0.343 e. The molecule has 0 aromatic heterocycles. The fraction of sp³-hybridized carbons (Fsp3) is 0.136. The van der Waals surface area contributed by atoms with Crippen molar-refractivity contribution in [2.75, 3.05) is 0 Å². The average Bonchev–Trinajstić information content (AvgIpc) is 2.63. The van der Waals surface area contributed by atoms with E-state index in [4.69, 9.17) is 4.74 Å². The molecule has 24 heavy (non-hydrogen) atoms. The molecule has 0 unspecified atom stereocenters. The first-order chi connectivity index (χ1) is 11.7. The molecule has 3 aromatic carbocycles. The maximum Gasteiger partial charge on any atom is 0.343 e. The van der Waals surface area contributed by atoms with E-state index in [2.05, 4.69) is 31.2 Å². The minimum Gasteiger partial charge on any atom is -0.423 e. The first-order valence-corrected chi connectivity index (χ1v) is 8.13. The molecule has 0 saturated heterocycles. The van der Waals surface area contributed by atoms with Crippen molar-refractivity contribution in [3.8, 4) is 5.75 Å². The topological polar surface area (TPSA) is 26.3 Å². The number of ether oxygens (including phenoxy) is 1. The second-order valence-corrected chi connectivity index (χ2v) is 5.83. The van der Waals surface area contributed by atoms with Crippen LogP contribution in [0.3, 0.4) is 0 Å². The number of benzene rings is 3. The van der Waals surface area contributed by atoms with Crippen LogP contribution in [0.1, 0.15) is 27.0 Å². The van der Waals surface area contributed by atoms with E-state index in [1.807, 2.05) is 42.5 Å². The Morgan fingerprint density at radius 1 is 0.792 bits per heavy atom. The van der Waals surface area contributed by atoms with Crippen LogP contribution in [0, 0.1) is 6.92 Å². The van der Waals surface area contributed by atoms with Crippen LogP contribution < -0.4 is 4.74 Å². The Bertz CT molecular complexity index is 805. The summed E-state index contributed by atoms with van der Waals surface area (Å²) in [5, 5.41) is 0. The third-order valence-corrected chi connectivity index (χ3v) is 4.09. The fourth-order valence-corrected chi connectivity index (χ4v) is 2.63. The zero-order valence-corrected chi connectivity index (χ0v) is 13.7. The number of carbonyl (C=O) groups excluding carboxylic acids is 1. The molecule has 0 saturated carbocycles. The lowest BCUT2D eigenvalue weighted by Crippen LogP contribution is -2.08. The van der Waals surface area contributed by atoms with Gasteiger partial charge in [0.25, 0.3) is 0 Å². The quantitative estimate of drug-likeness (QED) is 0.489. The van der Waals surface area contributed by atoms with E-state index >= 15 is 0 Å². The molecule has 0 amide bonds. The maximum absolute atomic E-state index is 12.0. The van der Waals surface area contributed by atoms with Crippen LogP contribution in [0.25, 0.3) is 0 Å². The molecule has 0 heterocycles. The Kier molecular flexibility index (Phi) is 5.07. The van der Waals surface area contributed by atoms with E-state index in [9.17, 15) is 4.79 Å². The molecule has 0 spiro atoms. The van der Waals surface area contributed by atoms with Crippen LogP contribution in [0.2, 0.25) is 0 Å². The van der Waals surface area contributed by atoms with Crippen molar-refractivity contribution in [1.29, 1.82) is 0 Å². The molecular weight excluding hydrogens is 296 g/mol. The normalized spacial score (nSPS) is 10.4. The first-order valence-electron chi connectivity index (χ1n) is 8.13. The number of esters is 1. The van der Waals surface area contributed by atoms with Gasteiger partial charge < -0.3 is 4.74 Å². The SMILES string of the molecule is Cc1ccccc1CCc1ccc(OC(=O)c2ccccc2)cc1. The molecule has 0 aliphatic rings. The zero-order valence-electron chi connectivity index (χ0n) is 13.7. The van der Waals surface area contributed by atoms with Crippen LogP contribution in [0.15, 0.2) is 78.9 Å². The predicted octanol–water partition coefficient (Wildman–Crippen LogP) is 5.00. The largest absolute Gasteiger partial charge is 0.423 e. The van der Waals surface area contributed by atoms with Gasteiger partial charge in [0.2, 0.25) is 0 Å². The van der Waals surface area contributed by atoms with Gasteiger partial charge in [0.1, 0.15) is 5.75 Å². The number of aryl methyl sites for hydroxylation is 3. The summed E-state index contributed by atoms with van der Waals surface area (Å²) in [6.07, 6.45) is 1.98. The molecule has 0 N–H and O–H groups in total. The molecule has 3 rings (SSSR count). The van der Waals surface area contributed by atoms with Crippen LogP contribution >= 0.6 is 0 Å². The highest BCUT2D eigenvalue weighted by molar-refractivity contribution is 5.90. The fourth-order valence-electron chi connectivity index (χ4n) is 2.63.